The molecule has 2 N–H and O–H groups in total. The Kier molecular flexibility index (Phi) is 3.48. The van der Waals surface area contributed by atoms with Crippen molar-refractivity contribution in [3.8, 4) is 0 Å². The van der Waals surface area contributed by atoms with E-state index in [9.17, 15) is 9.59 Å². The highest BCUT2D eigenvalue weighted by Gasteiger charge is 2.11. The third kappa shape index (κ3) is 2.96. The van der Waals surface area contributed by atoms with Crippen molar-refractivity contribution in [1.29, 1.82) is 0 Å². The van der Waals surface area contributed by atoms with Crippen LogP contribution in [0.25, 0.3) is 10.2 Å². The fraction of sp³-hybridized carbons (Fsp3) is 0.0714. The van der Waals surface area contributed by atoms with E-state index >= 15 is 0 Å². The second kappa shape index (κ2) is 5.31. The molecule has 0 aliphatic carbocycles. The van der Waals surface area contributed by atoms with Gasteiger partial charge in [0.25, 0.3) is 5.91 Å². The largest absolute Gasteiger partial charge is 0.326 e. The van der Waals surface area contributed by atoms with E-state index in [0.717, 1.165) is 10.2 Å². The fourth-order valence-electron chi connectivity index (χ4n) is 1.93. The van der Waals surface area contributed by atoms with Crippen LogP contribution >= 0.6 is 22.9 Å². The van der Waals surface area contributed by atoms with Gasteiger partial charge in [-0.3, -0.25) is 14.9 Å². The lowest BCUT2D eigenvalue weighted by Crippen LogP contribution is -2.16. The Hall–Kier alpha value is -2.18. The van der Waals surface area contributed by atoms with Crippen molar-refractivity contribution < 1.29 is 4.79 Å². The number of aryl methyl sites for hydroxylation is 1. The number of pyridine rings is 1. The first kappa shape index (κ1) is 13.8. The molecule has 2 aromatic heterocycles. The number of rotatable bonds is 2. The van der Waals surface area contributed by atoms with E-state index in [-0.39, 0.29) is 11.5 Å². The van der Waals surface area contributed by atoms with Crippen LogP contribution in [0.1, 0.15) is 16.1 Å². The number of hydrogen-bond acceptors (Lipinski definition) is 4. The average molecular weight is 320 g/mol. The number of amides is 1. The molecule has 0 radical (unpaired) electrons. The summed E-state index contributed by atoms with van der Waals surface area (Å²) in [5, 5.41) is 3.78. The Morgan fingerprint density at radius 2 is 2.14 bits per heavy atom. The number of H-pyrrole nitrogens is 1. The molecule has 0 unspecified atom stereocenters. The summed E-state index contributed by atoms with van der Waals surface area (Å²) in [4.78, 5) is 30.4. The standard InChI is InChI=1S/C14H10ClN3O2S/c1-7-4-8(5-12(19)16-7)13(20)18-14-17-10-3-2-9(15)6-11(10)21-14/h2-6H,1H3,(H,16,19)(H,17,18,20). The SMILES string of the molecule is Cc1cc(C(=O)Nc2nc3ccc(Cl)cc3s2)cc(=O)[nH]1. The van der Waals surface area contributed by atoms with Gasteiger partial charge in [0.15, 0.2) is 5.13 Å². The number of fused-ring (bicyclic) bond motifs is 1. The van der Waals surface area contributed by atoms with E-state index in [1.54, 1.807) is 31.2 Å². The molecule has 0 fully saturated rings. The summed E-state index contributed by atoms with van der Waals surface area (Å²) >= 11 is 7.25. The number of thiazole rings is 1. The monoisotopic (exact) mass is 319 g/mol. The number of nitrogens with zero attached hydrogens (tertiary/aromatic N) is 1. The van der Waals surface area contributed by atoms with Crippen LogP contribution in [0.5, 0.6) is 0 Å². The first-order valence-corrected chi connectivity index (χ1v) is 7.29. The van der Waals surface area contributed by atoms with Gasteiger partial charge >= 0.3 is 0 Å². The van der Waals surface area contributed by atoms with E-state index in [4.69, 9.17) is 11.6 Å². The minimum atomic E-state index is -0.366. The number of carbonyl (C=O) groups excluding carboxylic acids is 1. The van der Waals surface area contributed by atoms with Gasteiger partial charge in [0, 0.05) is 22.3 Å². The third-order valence-electron chi connectivity index (χ3n) is 2.81. The molecular weight excluding hydrogens is 310 g/mol. The number of benzene rings is 1. The van der Waals surface area contributed by atoms with Crippen molar-refractivity contribution in [1.82, 2.24) is 9.97 Å². The van der Waals surface area contributed by atoms with Gasteiger partial charge in [0.1, 0.15) is 0 Å². The molecule has 0 atom stereocenters. The van der Waals surface area contributed by atoms with Crippen LogP contribution in [0.3, 0.4) is 0 Å². The average Bonchev–Trinajstić information content (AvgIpc) is 2.78. The number of anilines is 1. The maximum absolute atomic E-state index is 12.1. The second-order valence-electron chi connectivity index (χ2n) is 4.50. The number of halogens is 1. The minimum absolute atomic E-state index is 0.300. The number of hydrogen-bond donors (Lipinski definition) is 2. The Labute approximate surface area is 128 Å². The van der Waals surface area contributed by atoms with Gasteiger partial charge < -0.3 is 4.98 Å². The molecular formula is C14H10ClN3O2S. The zero-order valence-corrected chi connectivity index (χ0v) is 12.5. The molecule has 3 rings (SSSR count). The Morgan fingerprint density at radius 1 is 1.33 bits per heavy atom. The van der Waals surface area contributed by atoms with Gasteiger partial charge in [-0.2, -0.15) is 0 Å². The lowest BCUT2D eigenvalue weighted by molar-refractivity contribution is 0.102. The van der Waals surface area contributed by atoms with Crippen molar-refractivity contribution in [2.24, 2.45) is 0 Å². The first-order valence-electron chi connectivity index (χ1n) is 6.10. The number of aromatic amines is 1. The number of carbonyl (C=O) groups is 1. The molecule has 21 heavy (non-hydrogen) atoms. The molecule has 0 bridgehead atoms. The van der Waals surface area contributed by atoms with Crippen LogP contribution in [-0.4, -0.2) is 15.9 Å². The molecule has 2 heterocycles. The zero-order valence-electron chi connectivity index (χ0n) is 10.9. The van der Waals surface area contributed by atoms with E-state index in [0.29, 0.717) is 21.4 Å². The highest BCUT2D eigenvalue weighted by Crippen LogP contribution is 2.28. The number of aromatic nitrogens is 2. The van der Waals surface area contributed by atoms with Crippen LogP contribution in [0.2, 0.25) is 5.02 Å². The summed E-state index contributed by atoms with van der Waals surface area (Å²) in [5.74, 6) is -0.366. The summed E-state index contributed by atoms with van der Waals surface area (Å²) in [5.41, 5.74) is 1.38. The lowest BCUT2D eigenvalue weighted by atomic mass is 10.2. The molecule has 0 saturated carbocycles. The molecule has 5 nitrogen and oxygen atoms in total. The third-order valence-corrected chi connectivity index (χ3v) is 3.98. The molecule has 3 aromatic rings. The highest BCUT2D eigenvalue weighted by molar-refractivity contribution is 7.22. The minimum Gasteiger partial charge on any atom is -0.326 e. The van der Waals surface area contributed by atoms with E-state index in [1.807, 2.05) is 0 Å². The van der Waals surface area contributed by atoms with Crippen molar-refractivity contribution in [3.05, 3.63) is 57.0 Å². The van der Waals surface area contributed by atoms with Crippen molar-refractivity contribution in [3.63, 3.8) is 0 Å². The maximum atomic E-state index is 12.1. The smallest absolute Gasteiger partial charge is 0.257 e. The summed E-state index contributed by atoms with van der Waals surface area (Å²) in [6, 6.07) is 8.20. The normalized spacial score (nSPS) is 10.8. The molecule has 7 heteroatoms. The van der Waals surface area contributed by atoms with E-state index in [2.05, 4.69) is 15.3 Å². The predicted molar refractivity (Wildman–Crippen MR) is 84.4 cm³/mol. The highest BCUT2D eigenvalue weighted by atomic mass is 35.5. The van der Waals surface area contributed by atoms with Gasteiger partial charge in [-0.25, -0.2) is 4.98 Å². The molecule has 0 aliphatic rings. The molecule has 0 spiro atoms. The Balaban J connectivity index is 1.90. The van der Waals surface area contributed by atoms with E-state index < -0.39 is 0 Å². The van der Waals surface area contributed by atoms with Gasteiger partial charge in [0.05, 0.1) is 10.2 Å². The van der Waals surface area contributed by atoms with Crippen molar-refractivity contribution in [2.45, 2.75) is 6.92 Å². The van der Waals surface area contributed by atoms with Gasteiger partial charge in [-0.05, 0) is 31.2 Å². The molecule has 1 aromatic carbocycles. The predicted octanol–water partition coefficient (Wildman–Crippen LogP) is 3.20. The van der Waals surface area contributed by atoms with Gasteiger partial charge in [-0.15, -0.1) is 0 Å². The zero-order chi connectivity index (χ0) is 15.0. The summed E-state index contributed by atoms with van der Waals surface area (Å²) < 4.78 is 0.889. The van der Waals surface area contributed by atoms with Crippen LogP contribution < -0.4 is 10.9 Å². The van der Waals surface area contributed by atoms with Crippen molar-refractivity contribution >= 4 is 44.2 Å². The molecule has 0 saturated heterocycles. The van der Waals surface area contributed by atoms with Crippen LogP contribution in [-0.2, 0) is 0 Å². The van der Waals surface area contributed by atoms with Gasteiger partial charge in [-0.1, -0.05) is 22.9 Å². The first-order chi connectivity index (χ1) is 10.0. The Morgan fingerprint density at radius 3 is 2.90 bits per heavy atom. The van der Waals surface area contributed by atoms with Gasteiger partial charge in [0.2, 0.25) is 5.56 Å². The van der Waals surface area contributed by atoms with Crippen LogP contribution in [0.4, 0.5) is 5.13 Å². The second-order valence-corrected chi connectivity index (χ2v) is 5.97. The van der Waals surface area contributed by atoms with E-state index in [1.165, 1.54) is 17.4 Å². The van der Waals surface area contributed by atoms with Crippen molar-refractivity contribution in [2.75, 3.05) is 5.32 Å². The van der Waals surface area contributed by atoms with Crippen LogP contribution in [0.15, 0.2) is 35.1 Å². The quantitative estimate of drug-likeness (QED) is 0.761. The maximum Gasteiger partial charge on any atom is 0.257 e. The molecule has 106 valence electrons. The lowest BCUT2D eigenvalue weighted by Gasteiger charge is -2.01. The number of nitrogens with one attached hydrogen (secondary N) is 2. The molecule has 1 amide bonds. The summed E-state index contributed by atoms with van der Waals surface area (Å²) in [6.07, 6.45) is 0. The summed E-state index contributed by atoms with van der Waals surface area (Å²) in [6.45, 7) is 1.72. The topological polar surface area (TPSA) is 74.8 Å². The Bertz CT molecular complexity index is 901. The molecule has 0 aliphatic heterocycles. The van der Waals surface area contributed by atoms with Crippen LogP contribution in [0, 0.1) is 6.92 Å². The summed E-state index contributed by atoms with van der Waals surface area (Å²) in [7, 11) is 0. The fourth-order valence-corrected chi connectivity index (χ4v) is 3.07.